The zero-order chi connectivity index (χ0) is 14.8. The average Bonchev–Trinajstić information content (AvgIpc) is 2.81. The number of ether oxygens (including phenoxy) is 1. The predicted molar refractivity (Wildman–Crippen MR) is 82.1 cm³/mol. The van der Waals surface area contributed by atoms with Gasteiger partial charge >= 0.3 is 0 Å². The molecule has 0 bridgehead atoms. The van der Waals surface area contributed by atoms with Crippen LogP contribution in [0.1, 0.15) is 5.69 Å². The molecule has 2 heterocycles. The van der Waals surface area contributed by atoms with Gasteiger partial charge in [0.1, 0.15) is 17.2 Å². The van der Waals surface area contributed by atoms with Crippen LogP contribution in [0.2, 0.25) is 0 Å². The molecule has 0 fully saturated rings. The number of nitrogens with zero attached hydrogens (tertiary/aromatic N) is 2. The van der Waals surface area contributed by atoms with Gasteiger partial charge in [0.25, 0.3) is 0 Å². The fraction of sp³-hybridized carbons (Fsp3) is 0.133. The summed E-state index contributed by atoms with van der Waals surface area (Å²) in [6.45, 7) is 0.490. The molecule has 2 aromatic heterocycles. The highest BCUT2D eigenvalue weighted by atomic mass is 79.9. The monoisotopic (exact) mass is 349 g/mol. The molecule has 0 aliphatic carbocycles. The van der Waals surface area contributed by atoms with Crippen LogP contribution >= 0.6 is 15.9 Å². The smallest absolute Gasteiger partial charge is 0.241 e. The Labute approximate surface area is 129 Å². The van der Waals surface area contributed by atoms with Crippen molar-refractivity contribution in [3.8, 4) is 11.6 Å². The minimum absolute atomic E-state index is 0.327. The number of pyridine rings is 1. The molecule has 0 atom stereocenters. The highest BCUT2D eigenvalue weighted by Crippen LogP contribution is 2.32. The first kappa shape index (κ1) is 14.0. The number of hydrogen-bond donors (Lipinski definition) is 1. The molecule has 0 aliphatic rings. The molecular weight excluding hydrogens is 337 g/mol. The maximum absolute atomic E-state index is 13.1. The number of benzene rings is 1. The number of aromatic nitrogens is 2. The van der Waals surface area contributed by atoms with E-state index in [1.165, 1.54) is 12.1 Å². The molecule has 0 unspecified atom stereocenters. The molecule has 0 radical (unpaired) electrons. The van der Waals surface area contributed by atoms with Gasteiger partial charge in [-0.25, -0.2) is 4.39 Å². The number of halogens is 2. The van der Waals surface area contributed by atoms with Gasteiger partial charge in [0.15, 0.2) is 0 Å². The van der Waals surface area contributed by atoms with Crippen molar-refractivity contribution in [2.75, 3.05) is 6.54 Å². The Morgan fingerprint density at radius 2 is 2.14 bits per heavy atom. The van der Waals surface area contributed by atoms with E-state index in [0.29, 0.717) is 29.1 Å². The van der Waals surface area contributed by atoms with Gasteiger partial charge in [-0.15, -0.1) is 0 Å². The Morgan fingerprint density at radius 1 is 1.29 bits per heavy atom. The summed E-state index contributed by atoms with van der Waals surface area (Å²) in [7, 11) is 0. The van der Waals surface area contributed by atoms with Gasteiger partial charge in [-0.1, -0.05) is 6.07 Å². The van der Waals surface area contributed by atoms with Gasteiger partial charge in [0.2, 0.25) is 5.88 Å². The summed E-state index contributed by atoms with van der Waals surface area (Å²) in [4.78, 5) is 4.46. The van der Waals surface area contributed by atoms with Crippen molar-refractivity contribution in [2.45, 2.75) is 6.42 Å². The SMILES string of the molecule is NCCc1c(Oc2ccc(F)cc2Br)nc2ccccn12. The van der Waals surface area contributed by atoms with Crippen molar-refractivity contribution < 1.29 is 9.13 Å². The van der Waals surface area contributed by atoms with Crippen LogP contribution in [-0.2, 0) is 6.42 Å². The Bertz CT molecular complexity index is 788. The predicted octanol–water partition coefficient (Wildman–Crippen LogP) is 3.53. The fourth-order valence-corrected chi connectivity index (χ4v) is 2.56. The molecule has 2 N–H and O–H groups in total. The van der Waals surface area contributed by atoms with Crippen molar-refractivity contribution in [3.05, 3.63) is 58.6 Å². The summed E-state index contributed by atoms with van der Waals surface area (Å²) in [6, 6.07) is 9.99. The van der Waals surface area contributed by atoms with Gasteiger partial charge in [-0.3, -0.25) is 0 Å². The first-order valence-corrected chi connectivity index (χ1v) is 7.27. The molecule has 108 valence electrons. The first-order chi connectivity index (χ1) is 10.2. The molecule has 1 aromatic carbocycles. The Hall–Kier alpha value is -1.92. The van der Waals surface area contributed by atoms with E-state index in [1.807, 2.05) is 28.8 Å². The number of rotatable bonds is 4. The van der Waals surface area contributed by atoms with Crippen LogP contribution in [0, 0.1) is 5.82 Å². The number of fused-ring (bicyclic) bond motifs is 1. The molecule has 0 amide bonds. The lowest BCUT2D eigenvalue weighted by atomic mass is 10.3. The highest BCUT2D eigenvalue weighted by Gasteiger charge is 2.14. The first-order valence-electron chi connectivity index (χ1n) is 6.48. The van der Waals surface area contributed by atoms with Crippen LogP contribution in [0.4, 0.5) is 4.39 Å². The van der Waals surface area contributed by atoms with Crippen molar-refractivity contribution in [3.63, 3.8) is 0 Å². The summed E-state index contributed by atoms with van der Waals surface area (Å²) < 4.78 is 21.4. The van der Waals surface area contributed by atoms with Gasteiger partial charge in [0, 0.05) is 12.6 Å². The number of imidazole rings is 1. The molecule has 0 aliphatic heterocycles. The van der Waals surface area contributed by atoms with E-state index in [4.69, 9.17) is 10.5 Å². The van der Waals surface area contributed by atoms with E-state index < -0.39 is 0 Å². The Balaban J connectivity index is 2.05. The van der Waals surface area contributed by atoms with Crippen LogP contribution in [0.5, 0.6) is 11.6 Å². The van der Waals surface area contributed by atoms with Gasteiger partial charge in [-0.05, 0) is 52.8 Å². The summed E-state index contributed by atoms with van der Waals surface area (Å²) in [6.07, 6.45) is 2.55. The third-order valence-corrected chi connectivity index (χ3v) is 3.69. The molecule has 0 spiro atoms. The second-order valence-electron chi connectivity index (χ2n) is 4.51. The minimum Gasteiger partial charge on any atom is -0.436 e. The largest absolute Gasteiger partial charge is 0.436 e. The van der Waals surface area contributed by atoms with Crippen molar-refractivity contribution in [1.82, 2.24) is 9.38 Å². The van der Waals surface area contributed by atoms with Crippen LogP contribution in [-0.4, -0.2) is 15.9 Å². The van der Waals surface area contributed by atoms with E-state index >= 15 is 0 Å². The zero-order valence-electron chi connectivity index (χ0n) is 11.1. The zero-order valence-corrected chi connectivity index (χ0v) is 12.7. The van der Waals surface area contributed by atoms with E-state index in [-0.39, 0.29) is 5.82 Å². The molecule has 6 heteroatoms. The summed E-state index contributed by atoms with van der Waals surface area (Å²) >= 11 is 3.29. The molecule has 0 saturated carbocycles. The molecule has 21 heavy (non-hydrogen) atoms. The van der Waals surface area contributed by atoms with Crippen molar-refractivity contribution in [1.29, 1.82) is 0 Å². The lowest BCUT2D eigenvalue weighted by molar-refractivity contribution is 0.454. The number of nitrogens with two attached hydrogens (primary N) is 1. The summed E-state index contributed by atoms with van der Waals surface area (Å²) in [5.74, 6) is 0.670. The van der Waals surface area contributed by atoms with Gasteiger partial charge in [-0.2, -0.15) is 4.98 Å². The van der Waals surface area contributed by atoms with E-state index in [0.717, 1.165) is 11.3 Å². The topological polar surface area (TPSA) is 52.5 Å². The summed E-state index contributed by atoms with van der Waals surface area (Å²) in [5, 5.41) is 0. The van der Waals surface area contributed by atoms with Gasteiger partial charge < -0.3 is 14.9 Å². The Kier molecular flexibility index (Phi) is 3.90. The van der Waals surface area contributed by atoms with Crippen LogP contribution in [0.25, 0.3) is 5.65 Å². The van der Waals surface area contributed by atoms with E-state index in [9.17, 15) is 4.39 Å². The average molecular weight is 350 g/mol. The maximum atomic E-state index is 13.1. The normalized spacial score (nSPS) is 11.0. The second-order valence-corrected chi connectivity index (χ2v) is 5.36. The van der Waals surface area contributed by atoms with E-state index in [2.05, 4.69) is 20.9 Å². The fourth-order valence-electron chi connectivity index (χ4n) is 2.13. The molecule has 3 rings (SSSR count). The van der Waals surface area contributed by atoms with Crippen LogP contribution in [0.3, 0.4) is 0 Å². The molecule has 4 nitrogen and oxygen atoms in total. The maximum Gasteiger partial charge on any atom is 0.241 e. The second kappa shape index (κ2) is 5.83. The van der Waals surface area contributed by atoms with Crippen LogP contribution < -0.4 is 10.5 Å². The standard InChI is InChI=1S/C15H13BrFN3O/c16-11-9-10(17)4-5-13(11)21-15-12(6-7-18)20-8-2-1-3-14(20)19-15/h1-5,8-9H,6-7,18H2. The van der Waals surface area contributed by atoms with Crippen molar-refractivity contribution in [2.24, 2.45) is 5.73 Å². The third-order valence-electron chi connectivity index (χ3n) is 3.07. The molecule has 3 aromatic rings. The van der Waals surface area contributed by atoms with Crippen LogP contribution in [0.15, 0.2) is 47.1 Å². The molecule has 0 saturated heterocycles. The molecular formula is C15H13BrFN3O. The summed E-state index contributed by atoms with van der Waals surface area (Å²) in [5.41, 5.74) is 7.35. The lowest BCUT2D eigenvalue weighted by Gasteiger charge is -2.07. The van der Waals surface area contributed by atoms with E-state index in [1.54, 1.807) is 6.07 Å². The quantitative estimate of drug-likeness (QED) is 0.783. The lowest BCUT2D eigenvalue weighted by Crippen LogP contribution is -2.06. The minimum atomic E-state index is -0.327. The highest BCUT2D eigenvalue weighted by molar-refractivity contribution is 9.10. The third kappa shape index (κ3) is 2.77. The van der Waals surface area contributed by atoms with Crippen molar-refractivity contribution >= 4 is 21.6 Å². The number of hydrogen-bond acceptors (Lipinski definition) is 3. The Morgan fingerprint density at radius 3 is 2.90 bits per heavy atom. The van der Waals surface area contributed by atoms with Gasteiger partial charge in [0.05, 0.1) is 10.2 Å².